The van der Waals surface area contributed by atoms with E-state index in [0.29, 0.717) is 0 Å². The van der Waals surface area contributed by atoms with E-state index in [1.54, 1.807) is 19.9 Å². The average molecular weight is 256 g/mol. The summed E-state index contributed by atoms with van der Waals surface area (Å²) in [7, 11) is -3.45. The van der Waals surface area contributed by atoms with Crippen LogP contribution in [0.5, 0.6) is 0 Å². The van der Waals surface area contributed by atoms with Crippen LogP contribution in [-0.4, -0.2) is 14.2 Å². The van der Waals surface area contributed by atoms with Gasteiger partial charge in [0.2, 0.25) is 10.0 Å². The molecule has 1 rings (SSSR count). The van der Waals surface area contributed by atoms with E-state index in [1.165, 1.54) is 12.1 Å². The summed E-state index contributed by atoms with van der Waals surface area (Å²) >= 11 is 0. The van der Waals surface area contributed by atoms with E-state index < -0.39 is 15.8 Å². The SMILES string of the molecule is CC(C)CS(=O)(=O)Nc1ccc(F)c(C#N)c1. The number of sulfonamides is 1. The summed E-state index contributed by atoms with van der Waals surface area (Å²) in [5.41, 5.74) is 0.0124. The number of rotatable bonds is 4. The molecule has 6 heteroatoms. The van der Waals surface area contributed by atoms with Crippen molar-refractivity contribution in [3.63, 3.8) is 0 Å². The monoisotopic (exact) mass is 256 g/mol. The van der Waals surface area contributed by atoms with Gasteiger partial charge in [0.15, 0.2) is 0 Å². The molecular weight excluding hydrogens is 243 g/mol. The maximum absolute atomic E-state index is 13.0. The lowest BCUT2D eigenvalue weighted by Crippen LogP contribution is -2.20. The fourth-order valence-corrected chi connectivity index (χ4v) is 2.78. The van der Waals surface area contributed by atoms with E-state index >= 15 is 0 Å². The predicted molar refractivity (Wildman–Crippen MR) is 63.4 cm³/mol. The van der Waals surface area contributed by atoms with Gasteiger partial charge in [-0.1, -0.05) is 13.8 Å². The number of halogens is 1. The zero-order valence-corrected chi connectivity index (χ0v) is 10.4. The number of hydrogen-bond acceptors (Lipinski definition) is 3. The van der Waals surface area contributed by atoms with E-state index in [1.807, 2.05) is 0 Å². The Morgan fingerprint density at radius 2 is 2.12 bits per heavy atom. The molecule has 4 nitrogen and oxygen atoms in total. The first-order chi connectivity index (χ1) is 7.84. The van der Waals surface area contributed by atoms with Crippen molar-refractivity contribution in [1.29, 1.82) is 5.26 Å². The lowest BCUT2D eigenvalue weighted by Gasteiger charge is -2.10. The van der Waals surface area contributed by atoms with Gasteiger partial charge < -0.3 is 0 Å². The van der Waals surface area contributed by atoms with Crippen LogP contribution < -0.4 is 4.72 Å². The van der Waals surface area contributed by atoms with E-state index in [0.717, 1.165) is 6.07 Å². The van der Waals surface area contributed by atoms with Crippen LogP contribution in [-0.2, 0) is 10.0 Å². The highest BCUT2D eigenvalue weighted by Crippen LogP contribution is 2.16. The second kappa shape index (κ2) is 5.15. The molecule has 0 aliphatic rings. The van der Waals surface area contributed by atoms with Crippen LogP contribution in [0.4, 0.5) is 10.1 Å². The van der Waals surface area contributed by atoms with Gasteiger partial charge in [0.05, 0.1) is 11.3 Å². The van der Waals surface area contributed by atoms with Gasteiger partial charge in [0, 0.05) is 5.69 Å². The van der Waals surface area contributed by atoms with Gasteiger partial charge in [-0.05, 0) is 24.1 Å². The fraction of sp³-hybridized carbons (Fsp3) is 0.364. The summed E-state index contributed by atoms with van der Waals surface area (Å²) in [6.07, 6.45) is 0. The topological polar surface area (TPSA) is 70.0 Å². The van der Waals surface area contributed by atoms with Crippen LogP contribution >= 0.6 is 0 Å². The molecule has 0 aliphatic heterocycles. The molecule has 0 aliphatic carbocycles. The summed E-state index contributed by atoms with van der Waals surface area (Å²) in [6.45, 7) is 3.56. The molecule has 0 amide bonds. The molecule has 1 N–H and O–H groups in total. The van der Waals surface area contributed by atoms with Crippen LogP contribution in [0.1, 0.15) is 19.4 Å². The van der Waals surface area contributed by atoms with Gasteiger partial charge in [-0.2, -0.15) is 5.26 Å². The molecule has 17 heavy (non-hydrogen) atoms. The lowest BCUT2D eigenvalue weighted by atomic mass is 10.2. The van der Waals surface area contributed by atoms with Crippen LogP contribution in [0.25, 0.3) is 0 Å². The van der Waals surface area contributed by atoms with E-state index in [-0.39, 0.29) is 22.9 Å². The molecule has 0 atom stereocenters. The Morgan fingerprint density at radius 1 is 1.47 bits per heavy atom. The maximum Gasteiger partial charge on any atom is 0.232 e. The van der Waals surface area contributed by atoms with Crippen molar-refractivity contribution < 1.29 is 12.8 Å². The normalized spacial score (nSPS) is 11.2. The van der Waals surface area contributed by atoms with E-state index in [9.17, 15) is 12.8 Å². The van der Waals surface area contributed by atoms with Crippen LogP contribution in [0.15, 0.2) is 18.2 Å². The first-order valence-corrected chi connectivity index (χ1v) is 6.69. The first kappa shape index (κ1) is 13.5. The van der Waals surface area contributed by atoms with Gasteiger partial charge in [0.1, 0.15) is 11.9 Å². The summed E-state index contributed by atoms with van der Waals surface area (Å²) in [4.78, 5) is 0. The molecule has 0 fully saturated rings. The lowest BCUT2D eigenvalue weighted by molar-refractivity contribution is 0.587. The smallest absolute Gasteiger partial charge is 0.232 e. The molecule has 0 saturated carbocycles. The quantitative estimate of drug-likeness (QED) is 0.896. The van der Waals surface area contributed by atoms with Gasteiger partial charge in [-0.25, -0.2) is 12.8 Å². The Labute approximate surface area is 100 Å². The summed E-state index contributed by atoms with van der Waals surface area (Å²) < 4.78 is 38.5. The molecule has 0 spiro atoms. The Bertz CT molecular complexity index is 547. The van der Waals surface area contributed by atoms with Crippen molar-refractivity contribution in [2.45, 2.75) is 13.8 Å². The number of nitrogens with zero attached hydrogens (tertiary/aromatic N) is 1. The van der Waals surface area contributed by atoms with Crippen LogP contribution in [0, 0.1) is 23.1 Å². The first-order valence-electron chi connectivity index (χ1n) is 5.04. The third-order valence-corrected chi connectivity index (χ3v) is 3.57. The number of nitrogens with one attached hydrogen (secondary N) is 1. The minimum absolute atomic E-state index is 0.0108. The minimum atomic E-state index is -3.45. The molecule has 0 saturated heterocycles. The standard InChI is InChI=1S/C11H13FN2O2S/c1-8(2)7-17(15,16)14-10-3-4-11(12)9(5-10)6-13/h3-5,8,14H,7H2,1-2H3. The van der Waals surface area contributed by atoms with E-state index in [4.69, 9.17) is 5.26 Å². The van der Waals surface area contributed by atoms with Gasteiger partial charge >= 0.3 is 0 Å². The second-order valence-electron chi connectivity index (χ2n) is 4.08. The Hall–Kier alpha value is -1.61. The second-order valence-corrected chi connectivity index (χ2v) is 5.85. The zero-order chi connectivity index (χ0) is 13.1. The maximum atomic E-state index is 13.0. The highest BCUT2D eigenvalue weighted by molar-refractivity contribution is 7.92. The Kier molecular flexibility index (Phi) is 4.07. The summed E-state index contributed by atoms with van der Waals surface area (Å²) in [5.74, 6) is -0.700. The molecule has 1 aromatic carbocycles. The van der Waals surface area contributed by atoms with Crippen molar-refractivity contribution in [2.24, 2.45) is 5.92 Å². The van der Waals surface area contributed by atoms with Crippen molar-refractivity contribution in [3.8, 4) is 6.07 Å². The minimum Gasteiger partial charge on any atom is -0.284 e. The number of nitriles is 1. The van der Waals surface area contributed by atoms with Gasteiger partial charge in [-0.3, -0.25) is 4.72 Å². The summed E-state index contributed by atoms with van der Waals surface area (Å²) in [5, 5.41) is 8.62. The fourth-order valence-electron chi connectivity index (χ4n) is 1.33. The third kappa shape index (κ3) is 4.04. The van der Waals surface area contributed by atoms with Crippen molar-refractivity contribution >= 4 is 15.7 Å². The van der Waals surface area contributed by atoms with E-state index in [2.05, 4.69) is 4.72 Å². The molecule has 0 aromatic heterocycles. The highest BCUT2D eigenvalue weighted by Gasteiger charge is 2.13. The molecule has 0 unspecified atom stereocenters. The largest absolute Gasteiger partial charge is 0.284 e. The third-order valence-electron chi connectivity index (χ3n) is 1.91. The molecular formula is C11H13FN2O2S. The van der Waals surface area contributed by atoms with Gasteiger partial charge in [-0.15, -0.1) is 0 Å². The molecule has 0 heterocycles. The van der Waals surface area contributed by atoms with Crippen LogP contribution in [0.3, 0.4) is 0 Å². The molecule has 0 bridgehead atoms. The molecule has 0 radical (unpaired) electrons. The number of hydrogen-bond donors (Lipinski definition) is 1. The Balaban J connectivity index is 2.94. The average Bonchev–Trinajstić information content (AvgIpc) is 2.18. The number of benzene rings is 1. The van der Waals surface area contributed by atoms with Crippen molar-refractivity contribution in [3.05, 3.63) is 29.6 Å². The summed E-state index contributed by atoms with van der Waals surface area (Å²) in [6, 6.07) is 5.17. The van der Waals surface area contributed by atoms with Gasteiger partial charge in [0.25, 0.3) is 0 Å². The van der Waals surface area contributed by atoms with Crippen LogP contribution in [0.2, 0.25) is 0 Å². The van der Waals surface area contributed by atoms with Crippen molar-refractivity contribution in [1.82, 2.24) is 0 Å². The Morgan fingerprint density at radius 3 is 2.65 bits per heavy atom. The number of anilines is 1. The molecule has 1 aromatic rings. The highest BCUT2D eigenvalue weighted by atomic mass is 32.2. The zero-order valence-electron chi connectivity index (χ0n) is 9.57. The predicted octanol–water partition coefficient (Wildman–Crippen LogP) is 2.10. The van der Waals surface area contributed by atoms with Crippen molar-refractivity contribution in [2.75, 3.05) is 10.5 Å². The molecule has 92 valence electrons.